The lowest BCUT2D eigenvalue weighted by Crippen LogP contribution is -2.05. The fraction of sp³-hybridized carbons (Fsp3) is 0.462. The average Bonchev–Trinajstić information content (AvgIpc) is 2.79. The number of unbranched alkanes of at least 4 members (excludes halogenated alkanes) is 1. The van der Waals surface area contributed by atoms with Gasteiger partial charge in [-0.15, -0.1) is 0 Å². The van der Waals surface area contributed by atoms with E-state index in [4.69, 9.17) is 9.84 Å². The molecule has 0 bridgehead atoms. The number of ether oxygens (including phenoxy) is 1. The first kappa shape index (κ1) is 14.8. The number of pyridine rings is 1. The van der Waals surface area contributed by atoms with E-state index in [1.165, 1.54) is 11.8 Å². The van der Waals surface area contributed by atoms with Gasteiger partial charge in [0.05, 0.1) is 5.75 Å². The first-order chi connectivity index (χ1) is 9.72. The maximum absolute atomic E-state index is 10.7. The second-order valence-corrected chi connectivity index (χ2v) is 5.22. The van der Waals surface area contributed by atoms with Crippen molar-refractivity contribution in [1.29, 1.82) is 0 Å². The zero-order chi connectivity index (χ0) is 14.4. The highest BCUT2D eigenvalue weighted by Crippen LogP contribution is 2.23. The molecule has 0 aromatic carbocycles. The lowest BCUT2D eigenvalue weighted by atomic mass is 10.3. The molecule has 1 N–H and O–H groups in total. The van der Waals surface area contributed by atoms with Gasteiger partial charge in [0.1, 0.15) is 5.52 Å². The molecule has 0 atom stereocenters. The Morgan fingerprint density at radius 3 is 3.10 bits per heavy atom. The molecule has 0 spiro atoms. The number of carbonyl (C=O) groups is 1. The number of hydrogen-bond acceptors (Lipinski definition) is 5. The van der Waals surface area contributed by atoms with E-state index in [9.17, 15) is 4.79 Å². The Labute approximate surface area is 121 Å². The standard InChI is InChI=1S/C13H17N3O3S/c1-19-8-3-2-7-16-12-10(5-4-6-14-12)15-13(16)20-9-11(17)18/h4-6H,2-3,7-9H2,1H3,(H,17,18). The van der Waals surface area contributed by atoms with E-state index in [0.29, 0.717) is 5.16 Å². The molecule has 7 heteroatoms. The van der Waals surface area contributed by atoms with E-state index in [0.717, 1.165) is 37.2 Å². The summed E-state index contributed by atoms with van der Waals surface area (Å²) in [6.45, 7) is 1.48. The molecule has 0 unspecified atom stereocenters. The predicted molar refractivity (Wildman–Crippen MR) is 77.0 cm³/mol. The van der Waals surface area contributed by atoms with E-state index in [1.54, 1.807) is 13.3 Å². The number of carboxylic acid groups (broad SMARTS) is 1. The third-order valence-corrected chi connectivity index (χ3v) is 3.73. The molecule has 2 aromatic rings. The highest BCUT2D eigenvalue weighted by molar-refractivity contribution is 7.99. The van der Waals surface area contributed by atoms with Crippen LogP contribution in [-0.2, 0) is 16.1 Å². The van der Waals surface area contributed by atoms with Gasteiger partial charge in [-0.3, -0.25) is 4.79 Å². The summed E-state index contributed by atoms with van der Waals surface area (Å²) in [4.78, 5) is 19.5. The lowest BCUT2D eigenvalue weighted by Gasteiger charge is -2.07. The maximum atomic E-state index is 10.7. The van der Waals surface area contributed by atoms with Crippen LogP contribution in [0.25, 0.3) is 11.2 Å². The van der Waals surface area contributed by atoms with Crippen molar-refractivity contribution in [2.75, 3.05) is 19.5 Å². The summed E-state index contributed by atoms with van der Waals surface area (Å²) < 4.78 is 7.02. The van der Waals surface area contributed by atoms with Crippen LogP contribution < -0.4 is 0 Å². The van der Waals surface area contributed by atoms with Gasteiger partial charge in [-0.2, -0.15) is 0 Å². The minimum atomic E-state index is -0.846. The largest absolute Gasteiger partial charge is 0.481 e. The summed E-state index contributed by atoms with van der Waals surface area (Å²) in [5, 5.41) is 9.50. The second-order valence-electron chi connectivity index (χ2n) is 4.27. The average molecular weight is 295 g/mol. The van der Waals surface area contributed by atoms with Gasteiger partial charge in [0.15, 0.2) is 10.8 Å². The monoisotopic (exact) mass is 295 g/mol. The van der Waals surface area contributed by atoms with E-state index in [1.807, 2.05) is 16.7 Å². The van der Waals surface area contributed by atoms with Crippen LogP contribution in [0.5, 0.6) is 0 Å². The van der Waals surface area contributed by atoms with Gasteiger partial charge < -0.3 is 14.4 Å². The van der Waals surface area contributed by atoms with Crippen molar-refractivity contribution in [2.24, 2.45) is 0 Å². The van der Waals surface area contributed by atoms with Crippen molar-refractivity contribution >= 4 is 28.9 Å². The van der Waals surface area contributed by atoms with Gasteiger partial charge in [-0.25, -0.2) is 9.97 Å². The fourth-order valence-electron chi connectivity index (χ4n) is 1.89. The number of methoxy groups -OCH3 is 1. The molecular weight excluding hydrogens is 278 g/mol. The quantitative estimate of drug-likeness (QED) is 0.593. The molecule has 0 aliphatic rings. The number of thioether (sulfide) groups is 1. The van der Waals surface area contributed by atoms with E-state index < -0.39 is 5.97 Å². The zero-order valence-electron chi connectivity index (χ0n) is 11.3. The third-order valence-electron chi connectivity index (χ3n) is 2.77. The van der Waals surface area contributed by atoms with Gasteiger partial charge in [-0.05, 0) is 25.0 Å². The van der Waals surface area contributed by atoms with Crippen molar-refractivity contribution < 1.29 is 14.6 Å². The Kier molecular flexibility index (Phi) is 5.37. The van der Waals surface area contributed by atoms with Gasteiger partial charge in [0.2, 0.25) is 0 Å². The summed E-state index contributed by atoms with van der Waals surface area (Å²) in [6, 6.07) is 3.72. The van der Waals surface area contributed by atoms with Crippen LogP contribution in [0, 0.1) is 0 Å². The first-order valence-corrected chi connectivity index (χ1v) is 7.35. The van der Waals surface area contributed by atoms with Crippen molar-refractivity contribution in [1.82, 2.24) is 14.5 Å². The van der Waals surface area contributed by atoms with Gasteiger partial charge in [0.25, 0.3) is 0 Å². The van der Waals surface area contributed by atoms with Crippen LogP contribution in [0.4, 0.5) is 0 Å². The Balaban J connectivity index is 2.18. The van der Waals surface area contributed by atoms with Crippen LogP contribution >= 0.6 is 11.8 Å². The molecule has 108 valence electrons. The summed E-state index contributed by atoms with van der Waals surface area (Å²) in [5.74, 6) is -0.845. The number of fused-ring (bicyclic) bond motifs is 1. The summed E-state index contributed by atoms with van der Waals surface area (Å²) >= 11 is 1.23. The molecule has 2 aromatic heterocycles. The van der Waals surface area contributed by atoms with Crippen LogP contribution in [0.3, 0.4) is 0 Å². The van der Waals surface area contributed by atoms with Crippen LogP contribution in [0.2, 0.25) is 0 Å². The summed E-state index contributed by atoms with van der Waals surface area (Å²) in [5.41, 5.74) is 1.60. The highest BCUT2D eigenvalue weighted by Gasteiger charge is 2.13. The molecule has 0 aliphatic heterocycles. The van der Waals surface area contributed by atoms with Gasteiger partial charge >= 0.3 is 5.97 Å². The molecule has 2 rings (SSSR count). The number of aromatic nitrogens is 3. The molecule has 2 heterocycles. The molecule has 0 saturated heterocycles. The van der Waals surface area contributed by atoms with Crippen LogP contribution in [0.15, 0.2) is 23.5 Å². The second kappa shape index (κ2) is 7.25. The minimum Gasteiger partial charge on any atom is -0.481 e. The Hall–Kier alpha value is -1.60. The van der Waals surface area contributed by atoms with Gasteiger partial charge in [0, 0.05) is 26.5 Å². The lowest BCUT2D eigenvalue weighted by molar-refractivity contribution is -0.133. The minimum absolute atomic E-state index is 0.00138. The van der Waals surface area contributed by atoms with E-state index in [-0.39, 0.29) is 5.75 Å². The Bertz CT molecular complexity index is 585. The van der Waals surface area contributed by atoms with Crippen molar-refractivity contribution in [3.05, 3.63) is 18.3 Å². The first-order valence-electron chi connectivity index (χ1n) is 6.37. The molecule has 0 amide bonds. The topological polar surface area (TPSA) is 77.2 Å². The molecule has 0 radical (unpaired) electrons. The number of aliphatic carboxylic acids is 1. The smallest absolute Gasteiger partial charge is 0.313 e. The number of imidazole rings is 1. The van der Waals surface area contributed by atoms with Crippen LogP contribution in [-0.4, -0.2) is 45.1 Å². The molecule has 0 fully saturated rings. The van der Waals surface area contributed by atoms with Gasteiger partial charge in [-0.1, -0.05) is 11.8 Å². The maximum Gasteiger partial charge on any atom is 0.313 e. The van der Waals surface area contributed by atoms with E-state index in [2.05, 4.69) is 9.97 Å². The molecule has 20 heavy (non-hydrogen) atoms. The zero-order valence-corrected chi connectivity index (χ0v) is 12.1. The molecular formula is C13H17N3O3S. The van der Waals surface area contributed by atoms with Crippen molar-refractivity contribution in [3.63, 3.8) is 0 Å². The number of hydrogen-bond donors (Lipinski definition) is 1. The molecule has 0 saturated carbocycles. The summed E-state index contributed by atoms with van der Waals surface area (Å²) in [7, 11) is 1.68. The SMILES string of the molecule is COCCCCn1c(SCC(=O)O)nc2cccnc21. The Morgan fingerprint density at radius 1 is 1.50 bits per heavy atom. The van der Waals surface area contributed by atoms with Crippen molar-refractivity contribution in [3.8, 4) is 0 Å². The number of nitrogens with zero attached hydrogens (tertiary/aromatic N) is 3. The molecule has 0 aliphatic carbocycles. The Morgan fingerprint density at radius 2 is 2.35 bits per heavy atom. The van der Waals surface area contributed by atoms with Crippen molar-refractivity contribution in [2.45, 2.75) is 24.5 Å². The van der Waals surface area contributed by atoms with Crippen LogP contribution in [0.1, 0.15) is 12.8 Å². The number of carboxylic acids is 1. The number of aryl methyl sites for hydroxylation is 1. The predicted octanol–water partition coefficient (Wildman–Crippen LogP) is 2.03. The summed E-state index contributed by atoms with van der Waals surface area (Å²) in [6.07, 6.45) is 3.61. The highest BCUT2D eigenvalue weighted by atomic mass is 32.2. The normalized spacial score (nSPS) is 11.1. The third kappa shape index (κ3) is 3.71. The van der Waals surface area contributed by atoms with E-state index >= 15 is 0 Å². The fourth-order valence-corrected chi connectivity index (χ4v) is 2.64. The molecule has 6 nitrogen and oxygen atoms in total. The number of rotatable bonds is 8.